The van der Waals surface area contributed by atoms with Gasteiger partial charge >= 0.3 is 0 Å². The van der Waals surface area contributed by atoms with Gasteiger partial charge in [-0.05, 0) is 33.2 Å². The first kappa shape index (κ1) is 49.4. The number of unbranched alkanes of at least 4 members (excludes halogenated alkanes) is 2. The standard InChI is InChI=1S/C35H63NO22/c1-15(39)6-4-3-5-7-36(8-10-51-32-27(47)24(44)20(40)16(2)54-32)9-11-52-34-30(50)31(58-35-29(49)26(46)22(42)18(13-38)56-35)23(43)19(57-34)14-53-33-28(48)25(45)21(41)17(12-37)55-33/h16-35,37-38,40-50H,3-14H2,1-2H3/t16-,17+,18+,19+,20+,21+,22+,23+,24+,25-,26-,27-,28-,29-,30-,31-,32+,33-,34-,35+/m0/s1. The molecule has 23 heteroatoms. The first-order valence-electron chi connectivity index (χ1n) is 19.5. The second-order valence-corrected chi connectivity index (χ2v) is 15.1. The second kappa shape index (κ2) is 23.3. The quantitative estimate of drug-likeness (QED) is 0.0477. The van der Waals surface area contributed by atoms with Crippen LogP contribution in [0, 0.1) is 0 Å². The number of nitrogens with zero attached hydrogens (tertiary/aromatic N) is 1. The lowest BCUT2D eigenvalue weighted by atomic mass is 9.96. The maximum Gasteiger partial charge on any atom is 0.187 e. The van der Waals surface area contributed by atoms with Crippen molar-refractivity contribution < 1.29 is 109 Å². The molecule has 0 radical (unpaired) electrons. The molecule has 4 saturated heterocycles. The second-order valence-electron chi connectivity index (χ2n) is 15.1. The summed E-state index contributed by atoms with van der Waals surface area (Å²) in [6.45, 7) is 1.65. The van der Waals surface area contributed by atoms with Crippen LogP contribution >= 0.6 is 0 Å². The summed E-state index contributed by atoms with van der Waals surface area (Å²) in [5, 5.41) is 134. The Bertz CT molecular complexity index is 1210. The lowest BCUT2D eigenvalue weighted by molar-refractivity contribution is -0.366. The molecule has 0 spiro atoms. The third-order valence-electron chi connectivity index (χ3n) is 10.7. The van der Waals surface area contributed by atoms with Crippen molar-refractivity contribution in [1.82, 2.24) is 4.90 Å². The Hall–Kier alpha value is -1.21. The Morgan fingerprint density at radius 1 is 0.517 bits per heavy atom. The van der Waals surface area contributed by atoms with Gasteiger partial charge in [-0.3, -0.25) is 4.90 Å². The van der Waals surface area contributed by atoms with Gasteiger partial charge in [0.1, 0.15) is 97.3 Å². The van der Waals surface area contributed by atoms with Gasteiger partial charge in [0.25, 0.3) is 0 Å². The molecule has 0 saturated carbocycles. The molecule has 0 aromatic carbocycles. The van der Waals surface area contributed by atoms with Crippen LogP contribution in [0.5, 0.6) is 0 Å². The van der Waals surface area contributed by atoms with Crippen LogP contribution in [0.2, 0.25) is 0 Å². The van der Waals surface area contributed by atoms with Crippen LogP contribution in [0.1, 0.15) is 39.5 Å². The summed E-state index contributed by atoms with van der Waals surface area (Å²) in [4.78, 5) is 13.3. The van der Waals surface area contributed by atoms with Gasteiger partial charge in [-0.15, -0.1) is 0 Å². The molecule has 0 bridgehead atoms. The molecule has 0 unspecified atom stereocenters. The summed E-state index contributed by atoms with van der Waals surface area (Å²) >= 11 is 0. The van der Waals surface area contributed by atoms with Gasteiger partial charge in [-0.2, -0.15) is 0 Å². The summed E-state index contributed by atoms with van der Waals surface area (Å²) in [5.74, 6) is 0.0631. The number of Topliss-reactive ketones (excluding diaryl/α,β-unsaturated/α-hetero) is 1. The summed E-state index contributed by atoms with van der Waals surface area (Å²) in [7, 11) is 0. The molecule has 0 amide bonds. The van der Waals surface area contributed by atoms with E-state index >= 15 is 0 Å². The van der Waals surface area contributed by atoms with Crippen LogP contribution in [0.25, 0.3) is 0 Å². The molecule has 0 aromatic heterocycles. The van der Waals surface area contributed by atoms with E-state index in [4.69, 9.17) is 37.9 Å². The molecular weight excluding hydrogens is 786 g/mol. The van der Waals surface area contributed by atoms with E-state index in [2.05, 4.69) is 0 Å². The van der Waals surface area contributed by atoms with E-state index in [-0.39, 0.29) is 32.1 Å². The Morgan fingerprint density at radius 2 is 1.00 bits per heavy atom. The number of aliphatic hydroxyl groups excluding tert-OH is 13. The molecule has 13 N–H and O–H groups in total. The molecule has 4 rings (SSSR count). The molecule has 4 heterocycles. The van der Waals surface area contributed by atoms with Gasteiger partial charge in [-0.1, -0.05) is 6.42 Å². The van der Waals surface area contributed by atoms with Gasteiger partial charge in [0.15, 0.2) is 25.2 Å². The maximum atomic E-state index is 11.4. The number of carbonyl (C=O) groups excluding carboxylic acids is 1. The summed E-state index contributed by atoms with van der Waals surface area (Å²) in [5.41, 5.74) is 0. The van der Waals surface area contributed by atoms with Crippen molar-refractivity contribution in [2.75, 3.05) is 52.7 Å². The minimum absolute atomic E-state index is 0.00578. The minimum atomic E-state index is -1.91. The Labute approximate surface area is 334 Å². The zero-order valence-electron chi connectivity index (χ0n) is 32.5. The largest absolute Gasteiger partial charge is 0.394 e. The van der Waals surface area contributed by atoms with Crippen LogP contribution in [0.4, 0.5) is 0 Å². The fourth-order valence-electron chi connectivity index (χ4n) is 7.04. The van der Waals surface area contributed by atoms with Crippen molar-refractivity contribution in [3.8, 4) is 0 Å². The molecule has 58 heavy (non-hydrogen) atoms. The topological polar surface area (TPSA) is 357 Å². The number of hydrogen-bond acceptors (Lipinski definition) is 23. The summed E-state index contributed by atoms with van der Waals surface area (Å²) < 4.78 is 45.1. The van der Waals surface area contributed by atoms with E-state index < -0.39 is 143 Å². The van der Waals surface area contributed by atoms with Gasteiger partial charge in [0.2, 0.25) is 0 Å². The Morgan fingerprint density at radius 3 is 1.55 bits per heavy atom. The number of hydrogen-bond donors (Lipinski definition) is 13. The van der Waals surface area contributed by atoms with Gasteiger partial charge in [0, 0.05) is 19.5 Å². The van der Waals surface area contributed by atoms with Crippen molar-refractivity contribution >= 4 is 5.78 Å². The van der Waals surface area contributed by atoms with E-state index in [0.29, 0.717) is 25.8 Å². The third-order valence-corrected chi connectivity index (χ3v) is 10.7. The van der Waals surface area contributed by atoms with Crippen LogP contribution in [0.15, 0.2) is 0 Å². The third kappa shape index (κ3) is 12.7. The van der Waals surface area contributed by atoms with E-state index in [0.717, 1.165) is 6.42 Å². The molecule has 0 aromatic rings. The summed E-state index contributed by atoms with van der Waals surface area (Å²) in [6, 6.07) is 0. The van der Waals surface area contributed by atoms with Crippen molar-refractivity contribution in [3.05, 3.63) is 0 Å². The van der Waals surface area contributed by atoms with Crippen molar-refractivity contribution in [2.24, 2.45) is 0 Å². The highest BCUT2D eigenvalue weighted by Crippen LogP contribution is 2.31. The van der Waals surface area contributed by atoms with Gasteiger partial charge in [0.05, 0.1) is 39.1 Å². The molecule has 0 aliphatic carbocycles. The molecule has 4 fully saturated rings. The van der Waals surface area contributed by atoms with Crippen LogP contribution < -0.4 is 0 Å². The van der Waals surface area contributed by atoms with Crippen LogP contribution in [0.3, 0.4) is 0 Å². The van der Waals surface area contributed by atoms with Crippen LogP contribution in [-0.2, 0) is 42.7 Å². The molecular formula is C35H63NO22. The van der Waals surface area contributed by atoms with E-state index in [1.54, 1.807) is 0 Å². The average Bonchev–Trinajstić information content (AvgIpc) is 3.19. The maximum absolute atomic E-state index is 11.4. The normalized spacial score (nSPS) is 43.8. The van der Waals surface area contributed by atoms with Crippen molar-refractivity contribution in [2.45, 2.75) is 162 Å². The van der Waals surface area contributed by atoms with Gasteiger partial charge in [-0.25, -0.2) is 0 Å². The molecule has 23 nitrogen and oxygen atoms in total. The zero-order chi connectivity index (χ0) is 42.8. The molecule has 20 atom stereocenters. The number of aliphatic hydroxyl groups is 13. The number of carbonyl (C=O) groups is 1. The monoisotopic (exact) mass is 849 g/mol. The fourth-order valence-corrected chi connectivity index (χ4v) is 7.04. The smallest absolute Gasteiger partial charge is 0.187 e. The Balaban J connectivity index is 1.44. The molecule has 4 aliphatic heterocycles. The predicted octanol–water partition coefficient (Wildman–Crippen LogP) is -7.25. The highest BCUT2D eigenvalue weighted by atomic mass is 16.8. The number of rotatable bonds is 21. The molecule has 340 valence electrons. The zero-order valence-corrected chi connectivity index (χ0v) is 32.5. The predicted molar refractivity (Wildman–Crippen MR) is 189 cm³/mol. The van der Waals surface area contributed by atoms with E-state index in [9.17, 15) is 71.2 Å². The average molecular weight is 850 g/mol. The lowest BCUT2D eigenvalue weighted by Gasteiger charge is -2.46. The first-order chi connectivity index (χ1) is 27.5. The Kier molecular flexibility index (Phi) is 19.9. The highest BCUT2D eigenvalue weighted by molar-refractivity contribution is 5.75. The van der Waals surface area contributed by atoms with E-state index in [1.807, 2.05) is 4.90 Å². The fraction of sp³-hybridized carbons (Fsp3) is 0.971. The van der Waals surface area contributed by atoms with Gasteiger partial charge < -0.3 is 109 Å². The lowest BCUT2D eigenvalue weighted by Crippen LogP contribution is -2.65. The number of ketones is 1. The molecule has 4 aliphatic rings. The first-order valence-corrected chi connectivity index (χ1v) is 19.5. The highest BCUT2D eigenvalue weighted by Gasteiger charge is 2.52. The minimum Gasteiger partial charge on any atom is -0.394 e. The van der Waals surface area contributed by atoms with Crippen molar-refractivity contribution in [1.29, 1.82) is 0 Å². The van der Waals surface area contributed by atoms with Crippen molar-refractivity contribution in [3.63, 3.8) is 0 Å². The SMILES string of the molecule is CC(=O)CCCCCN(CCO[C@@H]1O[C@@H](C)[C@@H](O)[C@@H](O)[C@@H]1O)CCO[C@H]1O[C@H](CO[C@H]2O[C@H](CO)[C@@H](O)[C@H](O)[C@@H]2O)[C@@H](O)[C@H](O[C@H]2O[C@H](CO)[C@@H](O)[C@H](O)[C@@H]2O)[C@@H]1O. The summed E-state index contributed by atoms with van der Waals surface area (Å²) in [6.07, 6.45) is -29.1. The van der Waals surface area contributed by atoms with E-state index in [1.165, 1.54) is 13.8 Å². The van der Waals surface area contributed by atoms with Crippen LogP contribution in [-0.4, -0.2) is 253 Å². The number of ether oxygens (including phenoxy) is 8.